The minimum atomic E-state index is -0.409. The Bertz CT molecular complexity index is 926. The van der Waals surface area contributed by atoms with Gasteiger partial charge >= 0.3 is 0 Å². The van der Waals surface area contributed by atoms with Crippen molar-refractivity contribution in [3.63, 3.8) is 0 Å². The number of hydrogen-bond acceptors (Lipinski definition) is 1. The van der Waals surface area contributed by atoms with Crippen molar-refractivity contribution in [1.82, 2.24) is 4.90 Å². The van der Waals surface area contributed by atoms with E-state index in [1.807, 2.05) is 65.6 Å². The van der Waals surface area contributed by atoms with Gasteiger partial charge in [0.25, 0.3) is 5.91 Å². The molecular formula is C25H25NO. The molecule has 1 amide bonds. The van der Waals surface area contributed by atoms with Gasteiger partial charge in [0.15, 0.2) is 0 Å². The number of aryl methyl sites for hydroxylation is 1. The molecule has 0 unspecified atom stereocenters. The van der Waals surface area contributed by atoms with Crippen molar-refractivity contribution in [2.75, 3.05) is 0 Å². The van der Waals surface area contributed by atoms with Gasteiger partial charge in [0.05, 0.1) is 0 Å². The van der Waals surface area contributed by atoms with Crippen molar-refractivity contribution in [2.45, 2.75) is 38.2 Å². The molecule has 2 atom stereocenters. The summed E-state index contributed by atoms with van der Waals surface area (Å²) in [7, 11) is 0. The highest BCUT2D eigenvalue weighted by molar-refractivity contribution is 5.97. The molecule has 0 bridgehead atoms. The summed E-state index contributed by atoms with van der Waals surface area (Å²) < 4.78 is 8.89. The topological polar surface area (TPSA) is 20.3 Å². The molecule has 2 heteroatoms. The number of benzene rings is 3. The fourth-order valence-corrected chi connectivity index (χ4v) is 3.81. The van der Waals surface area contributed by atoms with Gasteiger partial charge in [-0.3, -0.25) is 4.79 Å². The first-order valence-electron chi connectivity index (χ1n) is 10.2. The van der Waals surface area contributed by atoms with Crippen molar-refractivity contribution < 1.29 is 6.17 Å². The number of rotatable bonds is 6. The zero-order valence-corrected chi connectivity index (χ0v) is 15.4. The molecule has 4 rings (SSSR count). The lowest BCUT2D eigenvalue weighted by molar-refractivity contribution is 0.0618. The van der Waals surface area contributed by atoms with Gasteiger partial charge in [-0.1, -0.05) is 78.9 Å². The smallest absolute Gasteiger partial charge is 0.254 e. The molecule has 0 spiro atoms. The quantitative estimate of drug-likeness (QED) is 0.589. The van der Waals surface area contributed by atoms with E-state index < -0.39 is 6.40 Å². The van der Waals surface area contributed by atoms with E-state index in [1.165, 1.54) is 5.56 Å². The van der Waals surface area contributed by atoms with E-state index in [1.54, 1.807) is 0 Å². The number of amides is 1. The molecule has 0 aliphatic carbocycles. The lowest BCUT2D eigenvalue weighted by Crippen LogP contribution is -2.45. The van der Waals surface area contributed by atoms with Crippen LogP contribution in [0.3, 0.4) is 0 Å². The fourth-order valence-electron chi connectivity index (χ4n) is 3.81. The van der Waals surface area contributed by atoms with Crippen molar-refractivity contribution >= 4 is 5.91 Å². The number of hydrogen-bond donors (Lipinski definition) is 0. The second-order valence-electron chi connectivity index (χ2n) is 7.12. The molecule has 1 aliphatic rings. The molecule has 0 saturated heterocycles. The summed E-state index contributed by atoms with van der Waals surface area (Å²) in [5, 5.41) is 0. The summed E-state index contributed by atoms with van der Waals surface area (Å²) in [5.74, 6) is 0.0488. The zero-order valence-electron chi connectivity index (χ0n) is 16.4. The number of nitrogens with zero attached hydrogens (tertiary/aromatic N) is 1. The van der Waals surface area contributed by atoms with Gasteiger partial charge in [0.2, 0.25) is 0 Å². The van der Waals surface area contributed by atoms with E-state index in [4.69, 9.17) is 1.37 Å². The maximum atomic E-state index is 13.3. The van der Waals surface area contributed by atoms with Crippen LogP contribution in [0.25, 0.3) is 0 Å². The Morgan fingerprint density at radius 2 is 1.48 bits per heavy atom. The molecule has 0 aromatic heterocycles. The van der Waals surface area contributed by atoms with Crippen molar-refractivity contribution in [1.29, 1.82) is 0 Å². The highest BCUT2D eigenvalue weighted by Crippen LogP contribution is 2.27. The summed E-state index contributed by atoms with van der Waals surface area (Å²) in [6, 6.07) is 28.0. The Morgan fingerprint density at radius 1 is 0.852 bits per heavy atom. The second kappa shape index (κ2) is 8.22. The fraction of sp³-hybridized carbons (Fsp3) is 0.240. The molecule has 27 heavy (non-hydrogen) atoms. The van der Waals surface area contributed by atoms with E-state index in [2.05, 4.69) is 24.3 Å². The first-order chi connectivity index (χ1) is 13.7. The monoisotopic (exact) mass is 356 g/mol. The second-order valence-corrected chi connectivity index (χ2v) is 7.12. The maximum absolute atomic E-state index is 13.3. The first-order valence-corrected chi connectivity index (χ1v) is 9.64. The summed E-state index contributed by atoms with van der Waals surface area (Å²) >= 11 is 0. The Morgan fingerprint density at radius 3 is 2.22 bits per heavy atom. The largest absolute Gasteiger partial charge is 0.331 e. The van der Waals surface area contributed by atoms with E-state index >= 15 is 0 Å². The Hall–Kier alpha value is -2.87. The Labute approximate surface area is 162 Å². The van der Waals surface area contributed by atoms with Crippen LogP contribution >= 0.6 is 0 Å². The van der Waals surface area contributed by atoms with Crippen LogP contribution in [0.4, 0.5) is 0 Å². The van der Waals surface area contributed by atoms with Crippen molar-refractivity contribution in [2.24, 2.45) is 0 Å². The van der Waals surface area contributed by atoms with Crippen LogP contribution in [0.1, 0.15) is 41.3 Å². The normalized spacial score (nSPS) is 19.5. The molecule has 136 valence electrons. The molecule has 1 heterocycles. The van der Waals surface area contributed by atoms with E-state index in [-0.39, 0.29) is 11.9 Å². The molecular weight excluding hydrogens is 330 g/mol. The molecule has 3 aromatic rings. The minimum absolute atomic E-state index is 0.0488. The standard InChI is InChI=1S/C25H25NO/c27-25-24-17-8-7-15-22(24)18-23(16-9-14-20-10-3-1-4-11-20)26(25)19-21-12-5-2-6-13-21/h1-8,10-13,15,17,23H,9,14,16,18-19H2/t23-/m0/s1/i18D/t18-,23-. The lowest BCUT2D eigenvalue weighted by atomic mass is 9.89. The predicted molar refractivity (Wildman–Crippen MR) is 110 cm³/mol. The van der Waals surface area contributed by atoms with E-state index in [0.29, 0.717) is 12.1 Å². The van der Waals surface area contributed by atoms with Crippen LogP contribution in [0, 0.1) is 0 Å². The molecule has 1 aliphatic heterocycles. The minimum Gasteiger partial charge on any atom is -0.331 e. The van der Waals surface area contributed by atoms with Crippen molar-refractivity contribution in [3.8, 4) is 0 Å². The number of carbonyl (C=O) groups excluding carboxylic acids is 1. The maximum Gasteiger partial charge on any atom is 0.254 e. The number of fused-ring (bicyclic) bond motifs is 1. The Kier molecular flexibility index (Phi) is 4.96. The molecule has 2 nitrogen and oxygen atoms in total. The summed E-state index contributed by atoms with van der Waals surface area (Å²) in [4.78, 5) is 15.2. The van der Waals surface area contributed by atoms with E-state index in [9.17, 15) is 4.79 Å². The zero-order chi connectivity index (χ0) is 19.3. The molecule has 0 fully saturated rings. The van der Waals surface area contributed by atoms with Crippen LogP contribution < -0.4 is 0 Å². The first kappa shape index (κ1) is 16.3. The van der Waals surface area contributed by atoms with Gasteiger partial charge in [-0.2, -0.15) is 0 Å². The number of carbonyl (C=O) groups is 1. The SMILES string of the molecule is [2H][C@H]1c2ccccc2C(=O)N(Cc2ccccc2)[C@H]1CCCc1ccccc1. The van der Waals surface area contributed by atoms with Crippen LogP contribution in [-0.4, -0.2) is 16.8 Å². The highest BCUT2D eigenvalue weighted by Gasteiger charge is 2.31. The van der Waals surface area contributed by atoms with Gasteiger partial charge in [-0.15, -0.1) is 0 Å². The molecule has 0 saturated carbocycles. The van der Waals surface area contributed by atoms with Crippen LogP contribution in [0.2, 0.25) is 0 Å². The van der Waals surface area contributed by atoms with Gasteiger partial charge < -0.3 is 4.90 Å². The van der Waals surface area contributed by atoms with Gasteiger partial charge in [-0.25, -0.2) is 0 Å². The lowest BCUT2D eigenvalue weighted by Gasteiger charge is -2.37. The third-order valence-corrected chi connectivity index (χ3v) is 5.23. The Balaban J connectivity index is 1.57. The van der Waals surface area contributed by atoms with Gasteiger partial charge in [0.1, 0.15) is 0 Å². The van der Waals surface area contributed by atoms with Crippen LogP contribution in [-0.2, 0) is 19.4 Å². The highest BCUT2D eigenvalue weighted by atomic mass is 16.2. The van der Waals surface area contributed by atoms with Crippen LogP contribution in [0.15, 0.2) is 84.9 Å². The third kappa shape index (κ3) is 4.11. The van der Waals surface area contributed by atoms with Crippen molar-refractivity contribution in [3.05, 3.63) is 107 Å². The molecule has 0 radical (unpaired) electrons. The summed E-state index contributed by atoms with van der Waals surface area (Å²) in [6.07, 6.45) is 2.35. The third-order valence-electron chi connectivity index (χ3n) is 5.23. The van der Waals surface area contributed by atoms with Gasteiger partial charge in [0, 0.05) is 19.5 Å². The molecule has 0 N–H and O–H groups in total. The van der Waals surface area contributed by atoms with Gasteiger partial charge in [-0.05, 0) is 48.4 Å². The summed E-state index contributed by atoms with van der Waals surface area (Å²) in [6.45, 7) is 0.555. The summed E-state index contributed by atoms with van der Waals surface area (Å²) in [5.41, 5.74) is 3.95. The van der Waals surface area contributed by atoms with E-state index in [0.717, 1.165) is 30.4 Å². The average Bonchev–Trinajstić information content (AvgIpc) is 2.75. The predicted octanol–water partition coefficient (Wildman–Crippen LogP) is 5.28. The average molecular weight is 356 g/mol. The molecule has 3 aromatic carbocycles. The van der Waals surface area contributed by atoms with Crippen LogP contribution in [0.5, 0.6) is 0 Å².